The van der Waals surface area contributed by atoms with Gasteiger partial charge in [0.15, 0.2) is 0 Å². The van der Waals surface area contributed by atoms with Gasteiger partial charge in [-0.3, -0.25) is 0 Å². The molecule has 0 saturated carbocycles. The molecule has 0 radical (unpaired) electrons. The monoisotopic (exact) mass is 345 g/mol. The molecule has 2 rings (SSSR count). The van der Waals surface area contributed by atoms with Gasteiger partial charge in [0.1, 0.15) is 0 Å². The lowest BCUT2D eigenvalue weighted by molar-refractivity contribution is 0.226. The summed E-state index contributed by atoms with van der Waals surface area (Å²) in [5.41, 5.74) is 0. The normalized spacial score (nSPS) is 18.9. The number of hydrogen-bond acceptors (Lipinski definition) is 2. The van der Waals surface area contributed by atoms with E-state index in [-0.39, 0.29) is 0 Å². The Hall–Kier alpha value is -0.390. The lowest BCUT2D eigenvalue weighted by atomic mass is 9.87. The molecule has 0 unspecified atom stereocenters. The number of hydrogen-bond donors (Lipinski definition) is 0. The smallest absolute Gasteiger partial charge is 0.207 e. The topological polar surface area (TPSA) is 37.4 Å². The molecule has 1 aliphatic rings. The Morgan fingerprint density at radius 2 is 1.79 bits per heavy atom. The quantitative estimate of drug-likeness (QED) is 0.840. The largest absolute Gasteiger partial charge is 0.244 e. The van der Waals surface area contributed by atoms with Gasteiger partial charge in [-0.1, -0.05) is 26.0 Å². The van der Waals surface area contributed by atoms with Crippen LogP contribution in [0.5, 0.6) is 0 Å². The van der Waals surface area contributed by atoms with Crippen molar-refractivity contribution >= 4 is 26.0 Å². The zero-order valence-corrected chi connectivity index (χ0v) is 13.7. The van der Waals surface area contributed by atoms with Crippen LogP contribution >= 0.6 is 15.9 Å². The summed E-state index contributed by atoms with van der Waals surface area (Å²) in [6.45, 7) is 5.68. The molecule has 1 heterocycles. The third-order valence-electron chi connectivity index (χ3n) is 3.90. The van der Waals surface area contributed by atoms with Gasteiger partial charge in [0, 0.05) is 17.6 Å². The first kappa shape index (κ1) is 15.0. The van der Waals surface area contributed by atoms with Gasteiger partial charge in [0.2, 0.25) is 10.0 Å². The molecule has 19 heavy (non-hydrogen) atoms. The van der Waals surface area contributed by atoms with Gasteiger partial charge >= 0.3 is 0 Å². The molecule has 0 spiro atoms. The molecule has 0 N–H and O–H groups in total. The molecule has 5 heteroatoms. The first-order valence-corrected chi connectivity index (χ1v) is 8.91. The van der Waals surface area contributed by atoms with E-state index in [2.05, 4.69) is 29.8 Å². The minimum atomic E-state index is -3.36. The van der Waals surface area contributed by atoms with Gasteiger partial charge < -0.3 is 0 Å². The molecule has 3 nitrogen and oxygen atoms in total. The maximum absolute atomic E-state index is 12.6. The van der Waals surface area contributed by atoms with Gasteiger partial charge in [-0.05, 0) is 52.7 Å². The molecular formula is C14H20BrNO2S. The summed E-state index contributed by atoms with van der Waals surface area (Å²) in [7, 11) is -3.36. The Bertz CT molecular complexity index is 534. The molecule has 1 aromatic carbocycles. The summed E-state index contributed by atoms with van der Waals surface area (Å²) >= 11 is 3.33. The van der Waals surface area contributed by atoms with Gasteiger partial charge in [0.25, 0.3) is 0 Å². The van der Waals surface area contributed by atoms with Crippen LogP contribution in [0.15, 0.2) is 33.6 Å². The van der Waals surface area contributed by atoms with E-state index in [0.29, 0.717) is 34.3 Å². The second-order valence-electron chi connectivity index (χ2n) is 5.42. The maximum Gasteiger partial charge on any atom is 0.244 e. The summed E-state index contributed by atoms with van der Waals surface area (Å²) in [4.78, 5) is 0.373. The standard InChI is InChI=1S/C14H20BrNO2S/c1-11(2)12-7-9-16(10-8-12)19(17,18)14-6-4-3-5-13(14)15/h3-6,11-12H,7-10H2,1-2H3. The predicted octanol–water partition coefficient (Wildman–Crippen LogP) is 3.51. The van der Waals surface area contributed by atoms with Crippen molar-refractivity contribution in [3.8, 4) is 0 Å². The van der Waals surface area contributed by atoms with Crippen LogP contribution in [0.4, 0.5) is 0 Å². The molecule has 1 saturated heterocycles. The molecule has 0 aromatic heterocycles. The molecule has 0 amide bonds. The van der Waals surface area contributed by atoms with Gasteiger partial charge in [-0.15, -0.1) is 0 Å². The second kappa shape index (κ2) is 5.94. The Morgan fingerprint density at radius 1 is 1.21 bits per heavy atom. The zero-order chi connectivity index (χ0) is 14.0. The fraction of sp³-hybridized carbons (Fsp3) is 0.571. The fourth-order valence-corrected chi connectivity index (χ4v) is 5.01. The van der Waals surface area contributed by atoms with Crippen molar-refractivity contribution in [3.63, 3.8) is 0 Å². The van der Waals surface area contributed by atoms with Crippen LogP contribution in [0.25, 0.3) is 0 Å². The van der Waals surface area contributed by atoms with E-state index in [0.717, 1.165) is 12.8 Å². The molecule has 1 aliphatic heterocycles. The predicted molar refractivity (Wildman–Crippen MR) is 80.5 cm³/mol. The lowest BCUT2D eigenvalue weighted by Gasteiger charge is -2.33. The van der Waals surface area contributed by atoms with Crippen molar-refractivity contribution < 1.29 is 8.42 Å². The number of benzene rings is 1. The average molecular weight is 346 g/mol. The molecule has 0 atom stereocenters. The molecule has 0 aliphatic carbocycles. The van der Waals surface area contributed by atoms with Crippen LogP contribution in [-0.2, 0) is 10.0 Å². The van der Waals surface area contributed by atoms with Crippen LogP contribution in [0, 0.1) is 11.8 Å². The Labute approximate surface area is 124 Å². The fourth-order valence-electron chi connectivity index (χ4n) is 2.58. The second-order valence-corrected chi connectivity index (χ2v) is 8.18. The van der Waals surface area contributed by atoms with Crippen molar-refractivity contribution in [2.24, 2.45) is 11.8 Å². The van der Waals surface area contributed by atoms with Crippen molar-refractivity contribution in [2.45, 2.75) is 31.6 Å². The van der Waals surface area contributed by atoms with E-state index in [1.807, 2.05) is 6.07 Å². The van der Waals surface area contributed by atoms with Crippen molar-refractivity contribution in [1.29, 1.82) is 0 Å². The Morgan fingerprint density at radius 3 is 2.32 bits per heavy atom. The Kier molecular flexibility index (Phi) is 4.69. The number of piperidine rings is 1. The van der Waals surface area contributed by atoms with Gasteiger partial charge in [-0.2, -0.15) is 4.31 Å². The SMILES string of the molecule is CC(C)C1CCN(S(=O)(=O)c2ccccc2Br)CC1. The zero-order valence-electron chi connectivity index (χ0n) is 11.3. The van der Waals surface area contributed by atoms with Crippen LogP contribution in [0.1, 0.15) is 26.7 Å². The summed E-state index contributed by atoms with van der Waals surface area (Å²) in [6, 6.07) is 7.02. The summed E-state index contributed by atoms with van der Waals surface area (Å²) in [5.74, 6) is 1.28. The van der Waals surface area contributed by atoms with Crippen molar-refractivity contribution in [1.82, 2.24) is 4.31 Å². The van der Waals surface area contributed by atoms with E-state index in [1.54, 1.807) is 22.5 Å². The Balaban J connectivity index is 2.17. The summed E-state index contributed by atoms with van der Waals surface area (Å²) in [5, 5.41) is 0. The van der Waals surface area contributed by atoms with E-state index in [1.165, 1.54) is 0 Å². The average Bonchev–Trinajstić information content (AvgIpc) is 2.39. The third kappa shape index (κ3) is 3.20. The lowest BCUT2D eigenvalue weighted by Crippen LogP contribution is -2.39. The highest BCUT2D eigenvalue weighted by atomic mass is 79.9. The first-order chi connectivity index (χ1) is 8.93. The van der Waals surface area contributed by atoms with Crippen molar-refractivity contribution in [2.75, 3.05) is 13.1 Å². The highest BCUT2D eigenvalue weighted by Gasteiger charge is 2.31. The summed E-state index contributed by atoms with van der Waals surface area (Å²) in [6.07, 6.45) is 1.92. The number of halogens is 1. The van der Waals surface area contributed by atoms with Crippen LogP contribution < -0.4 is 0 Å². The van der Waals surface area contributed by atoms with Crippen molar-refractivity contribution in [3.05, 3.63) is 28.7 Å². The van der Waals surface area contributed by atoms with Crippen LogP contribution in [-0.4, -0.2) is 25.8 Å². The van der Waals surface area contributed by atoms with E-state index < -0.39 is 10.0 Å². The maximum atomic E-state index is 12.6. The van der Waals surface area contributed by atoms with E-state index >= 15 is 0 Å². The summed E-state index contributed by atoms with van der Waals surface area (Å²) < 4.78 is 27.4. The molecular weight excluding hydrogens is 326 g/mol. The first-order valence-electron chi connectivity index (χ1n) is 6.67. The van der Waals surface area contributed by atoms with E-state index in [9.17, 15) is 8.42 Å². The number of sulfonamides is 1. The highest BCUT2D eigenvalue weighted by molar-refractivity contribution is 9.10. The number of nitrogens with zero attached hydrogens (tertiary/aromatic N) is 1. The molecule has 0 bridgehead atoms. The highest BCUT2D eigenvalue weighted by Crippen LogP contribution is 2.30. The molecule has 1 aromatic rings. The molecule has 1 fully saturated rings. The molecule has 106 valence electrons. The third-order valence-corrected chi connectivity index (χ3v) is 6.81. The van der Waals surface area contributed by atoms with E-state index in [4.69, 9.17) is 0 Å². The van der Waals surface area contributed by atoms with Crippen LogP contribution in [0.2, 0.25) is 0 Å². The minimum Gasteiger partial charge on any atom is -0.207 e. The van der Waals surface area contributed by atoms with Gasteiger partial charge in [-0.25, -0.2) is 8.42 Å². The minimum absolute atomic E-state index is 0.373. The number of rotatable bonds is 3. The van der Waals surface area contributed by atoms with Crippen LogP contribution in [0.3, 0.4) is 0 Å². The van der Waals surface area contributed by atoms with Gasteiger partial charge in [0.05, 0.1) is 4.90 Å².